The van der Waals surface area contributed by atoms with E-state index in [9.17, 15) is 14.4 Å². The van der Waals surface area contributed by atoms with E-state index in [0.717, 1.165) is 30.5 Å². The summed E-state index contributed by atoms with van der Waals surface area (Å²) in [7, 11) is 1.78. The monoisotopic (exact) mass is 277 g/mol. The molecular formula is C12H15N5O3. The topological polar surface area (TPSA) is 105 Å². The number of nitrogens with zero attached hydrogens (tertiary/aromatic N) is 2. The normalized spacial score (nSPS) is 20.6. The molecule has 0 bridgehead atoms. The molecule has 2 aliphatic rings. The fourth-order valence-electron chi connectivity index (χ4n) is 2.65. The van der Waals surface area contributed by atoms with E-state index in [1.165, 1.54) is 0 Å². The van der Waals surface area contributed by atoms with Crippen LogP contribution in [0.25, 0.3) is 0 Å². The SMILES string of the molecule is Cn1nc2c(c1NC(=O)CC1NC(=O)NC1=O)CCC2. The lowest BCUT2D eigenvalue weighted by atomic mass is 10.2. The zero-order valence-corrected chi connectivity index (χ0v) is 11.0. The highest BCUT2D eigenvalue weighted by Gasteiger charge is 2.32. The van der Waals surface area contributed by atoms with E-state index in [4.69, 9.17) is 0 Å². The van der Waals surface area contributed by atoms with E-state index < -0.39 is 18.0 Å². The molecule has 106 valence electrons. The molecule has 0 saturated carbocycles. The van der Waals surface area contributed by atoms with Gasteiger partial charge in [-0.3, -0.25) is 19.6 Å². The summed E-state index contributed by atoms with van der Waals surface area (Å²) < 4.78 is 1.65. The molecule has 2 heterocycles. The maximum Gasteiger partial charge on any atom is 0.322 e. The number of aromatic nitrogens is 2. The number of amides is 4. The number of carbonyl (C=O) groups is 3. The Morgan fingerprint density at radius 2 is 2.25 bits per heavy atom. The molecule has 20 heavy (non-hydrogen) atoms. The second-order valence-corrected chi connectivity index (χ2v) is 5.02. The molecule has 4 amide bonds. The van der Waals surface area contributed by atoms with Crippen molar-refractivity contribution >= 4 is 23.7 Å². The lowest BCUT2D eigenvalue weighted by Gasteiger charge is -2.10. The minimum atomic E-state index is -0.802. The molecule has 8 nitrogen and oxygen atoms in total. The van der Waals surface area contributed by atoms with Gasteiger partial charge in [-0.15, -0.1) is 0 Å². The summed E-state index contributed by atoms with van der Waals surface area (Å²) in [6, 6.07) is -1.36. The number of hydrogen-bond acceptors (Lipinski definition) is 4. The van der Waals surface area contributed by atoms with Crippen LogP contribution in [0, 0.1) is 0 Å². The highest BCUT2D eigenvalue weighted by molar-refractivity contribution is 6.06. The van der Waals surface area contributed by atoms with Crippen molar-refractivity contribution in [3.8, 4) is 0 Å². The molecule has 0 aromatic carbocycles. The lowest BCUT2D eigenvalue weighted by Crippen LogP contribution is -2.33. The summed E-state index contributed by atoms with van der Waals surface area (Å²) in [5, 5.41) is 11.6. The van der Waals surface area contributed by atoms with Crippen molar-refractivity contribution in [3.63, 3.8) is 0 Å². The summed E-state index contributed by atoms with van der Waals surface area (Å²) in [6.07, 6.45) is 2.79. The zero-order valence-electron chi connectivity index (χ0n) is 11.0. The number of fused-ring (bicyclic) bond motifs is 1. The molecule has 1 unspecified atom stereocenters. The Morgan fingerprint density at radius 1 is 1.45 bits per heavy atom. The number of urea groups is 1. The van der Waals surface area contributed by atoms with Gasteiger partial charge in [-0.1, -0.05) is 0 Å². The molecule has 3 N–H and O–H groups in total. The predicted molar refractivity (Wildman–Crippen MR) is 68.9 cm³/mol. The number of rotatable bonds is 3. The summed E-state index contributed by atoms with van der Waals surface area (Å²) in [5.74, 6) is -0.0994. The first-order chi connectivity index (χ1) is 9.54. The van der Waals surface area contributed by atoms with E-state index in [0.29, 0.717) is 5.82 Å². The first-order valence-corrected chi connectivity index (χ1v) is 6.50. The second-order valence-electron chi connectivity index (χ2n) is 5.02. The molecule has 0 radical (unpaired) electrons. The Morgan fingerprint density at radius 3 is 2.95 bits per heavy atom. The third-order valence-corrected chi connectivity index (χ3v) is 3.57. The Kier molecular flexibility index (Phi) is 2.92. The van der Waals surface area contributed by atoms with Crippen molar-refractivity contribution in [2.45, 2.75) is 31.7 Å². The van der Waals surface area contributed by atoms with Crippen LogP contribution in [0.15, 0.2) is 0 Å². The molecule has 8 heteroatoms. The Balaban J connectivity index is 1.68. The first kappa shape index (κ1) is 12.6. The summed E-state index contributed by atoms with van der Waals surface area (Å²) in [4.78, 5) is 34.4. The number of hydrogen-bond donors (Lipinski definition) is 3. The van der Waals surface area contributed by atoms with Crippen LogP contribution in [0.5, 0.6) is 0 Å². The molecule has 0 spiro atoms. The third kappa shape index (κ3) is 2.13. The van der Waals surface area contributed by atoms with Gasteiger partial charge in [0.1, 0.15) is 11.9 Å². The molecule has 1 aliphatic carbocycles. The van der Waals surface area contributed by atoms with E-state index >= 15 is 0 Å². The molecule has 1 aromatic heterocycles. The van der Waals surface area contributed by atoms with Gasteiger partial charge in [-0.2, -0.15) is 5.10 Å². The predicted octanol–water partition coefficient (Wildman–Crippen LogP) is -0.555. The molecular weight excluding hydrogens is 262 g/mol. The fourth-order valence-corrected chi connectivity index (χ4v) is 2.65. The number of carbonyl (C=O) groups excluding carboxylic acids is 3. The fraction of sp³-hybridized carbons (Fsp3) is 0.500. The number of aryl methyl sites for hydroxylation is 2. The van der Waals surface area contributed by atoms with Crippen molar-refractivity contribution in [2.75, 3.05) is 5.32 Å². The number of anilines is 1. The van der Waals surface area contributed by atoms with Crippen LogP contribution in [0.2, 0.25) is 0 Å². The van der Waals surface area contributed by atoms with Gasteiger partial charge in [0.15, 0.2) is 0 Å². The number of imide groups is 1. The molecule has 3 rings (SSSR count). The molecule has 1 saturated heterocycles. The Labute approximate surface area is 114 Å². The summed E-state index contributed by atoms with van der Waals surface area (Å²) in [6.45, 7) is 0. The Bertz CT molecular complexity index is 606. The minimum Gasteiger partial charge on any atom is -0.325 e. The van der Waals surface area contributed by atoms with Crippen LogP contribution in [-0.2, 0) is 29.5 Å². The van der Waals surface area contributed by atoms with Crippen LogP contribution in [0.3, 0.4) is 0 Å². The highest BCUT2D eigenvalue weighted by Crippen LogP contribution is 2.28. The van der Waals surface area contributed by atoms with Crippen molar-refractivity contribution in [3.05, 3.63) is 11.3 Å². The average molecular weight is 277 g/mol. The quantitative estimate of drug-likeness (QED) is 0.644. The molecule has 1 aromatic rings. The van der Waals surface area contributed by atoms with Crippen LogP contribution >= 0.6 is 0 Å². The van der Waals surface area contributed by atoms with Gasteiger partial charge in [-0.25, -0.2) is 4.79 Å². The summed E-state index contributed by atoms with van der Waals surface area (Å²) >= 11 is 0. The van der Waals surface area contributed by atoms with Crippen molar-refractivity contribution in [2.24, 2.45) is 7.05 Å². The van der Waals surface area contributed by atoms with Crippen LogP contribution in [0.1, 0.15) is 24.1 Å². The maximum absolute atomic E-state index is 12.0. The van der Waals surface area contributed by atoms with Gasteiger partial charge in [-0.05, 0) is 19.3 Å². The molecule has 1 atom stereocenters. The van der Waals surface area contributed by atoms with Crippen LogP contribution in [-0.4, -0.2) is 33.7 Å². The van der Waals surface area contributed by atoms with Crippen molar-refractivity contribution in [1.82, 2.24) is 20.4 Å². The lowest BCUT2D eigenvalue weighted by molar-refractivity contribution is -0.124. The van der Waals surface area contributed by atoms with Crippen LogP contribution in [0.4, 0.5) is 10.6 Å². The smallest absolute Gasteiger partial charge is 0.322 e. The van der Waals surface area contributed by atoms with Gasteiger partial charge in [0.2, 0.25) is 5.91 Å². The van der Waals surface area contributed by atoms with Gasteiger partial charge in [0.25, 0.3) is 5.91 Å². The largest absolute Gasteiger partial charge is 0.325 e. The van der Waals surface area contributed by atoms with Crippen molar-refractivity contribution in [1.29, 1.82) is 0 Å². The minimum absolute atomic E-state index is 0.0858. The second kappa shape index (κ2) is 4.62. The molecule has 1 aliphatic heterocycles. The van der Waals surface area contributed by atoms with E-state index in [2.05, 4.69) is 21.0 Å². The van der Waals surface area contributed by atoms with Gasteiger partial charge in [0, 0.05) is 12.6 Å². The van der Waals surface area contributed by atoms with Crippen molar-refractivity contribution < 1.29 is 14.4 Å². The Hall–Kier alpha value is -2.38. The van der Waals surface area contributed by atoms with Gasteiger partial charge in [0.05, 0.1) is 12.1 Å². The molecule has 1 fully saturated rings. The number of nitrogens with one attached hydrogen (secondary N) is 3. The standard InChI is InChI=1S/C12H15N5O3/c1-17-10(6-3-2-4-7(6)16-17)14-9(18)5-8-11(19)15-12(20)13-8/h8H,2-5H2,1H3,(H,14,18)(H2,13,15,19,20). The van der Waals surface area contributed by atoms with E-state index in [1.807, 2.05) is 0 Å². The van der Waals surface area contributed by atoms with E-state index in [-0.39, 0.29) is 12.3 Å². The average Bonchev–Trinajstić information content (AvgIpc) is 3.00. The van der Waals surface area contributed by atoms with E-state index in [1.54, 1.807) is 11.7 Å². The first-order valence-electron chi connectivity index (χ1n) is 6.50. The third-order valence-electron chi connectivity index (χ3n) is 3.57. The zero-order chi connectivity index (χ0) is 14.3. The maximum atomic E-state index is 12.0. The van der Waals surface area contributed by atoms with Crippen LogP contribution < -0.4 is 16.0 Å². The summed E-state index contributed by atoms with van der Waals surface area (Å²) in [5.41, 5.74) is 2.09. The van der Waals surface area contributed by atoms with Gasteiger partial charge < -0.3 is 10.6 Å². The highest BCUT2D eigenvalue weighted by atomic mass is 16.2. The van der Waals surface area contributed by atoms with Gasteiger partial charge >= 0.3 is 6.03 Å².